The van der Waals surface area contributed by atoms with Gasteiger partial charge in [0.15, 0.2) is 0 Å². The minimum atomic E-state index is -3.52. The van der Waals surface area contributed by atoms with Crippen molar-refractivity contribution < 1.29 is 18.1 Å². The highest BCUT2D eigenvalue weighted by Crippen LogP contribution is 2.55. The molecule has 0 bridgehead atoms. The van der Waals surface area contributed by atoms with Crippen LogP contribution in [0.4, 0.5) is 0 Å². The van der Waals surface area contributed by atoms with Crippen molar-refractivity contribution in [3.63, 3.8) is 0 Å². The molecule has 0 N–H and O–H groups in total. The fourth-order valence-electron chi connectivity index (χ4n) is 0.983. The first kappa shape index (κ1) is 17.1. The van der Waals surface area contributed by atoms with E-state index in [1.807, 2.05) is 55.4 Å². The van der Waals surface area contributed by atoms with E-state index < -0.39 is 19.0 Å². The van der Waals surface area contributed by atoms with Crippen LogP contribution in [0.15, 0.2) is 0 Å². The molecule has 0 aliphatic rings. The lowest BCUT2D eigenvalue weighted by molar-refractivity contribution is 0.000279. The molecule has 0 rings (SSSR count). The first-order chi connectivity index (χ1) is 7.33. The molecule has 17 heavy (non-hydrogen) atoms. The summed E-state index contributed by atoms with van der Waals surface area (Å²) in [5, 5.41) is 0. The Hall–Kier alpha value is 0.110. The van der Waals surface area contributed by atoms with E-state index in [-0.39, 0.29) is 5.92 Å². The molecule has 0 fully saturated rings. The number of hydrogen-bond donors (Lipinski definition) is 0. The Balaban J connectivity index is 4.76. The predicted octanol–water partition coefficient (Wildman–Crippen LogP) is 4.40. The molecule has 0 spiro atoms. The molecule has 0 saturated carbocycles. The Morgan fingerprint density at radius 3 is 1.53 bits per heavy atom. The normalized spacial score (nSPS) is 14.4. The molecule has 0 heterocycles. The van der Waals surface area contributed by atoms with Gasteiger partial charge in [0.2, 0.25) is 0 Å². The van der Waals surface area contributed by atoms with E-state index >= 15 is 0 Å². The molecule has 0 atom stereocenters. The zero-order valence-electron chi connectivity index (χ0n) is 12.4. The molecule has 0 aliphatic heterocycles. The van der Waals surface area contributed by atoms with Gasteiger partial charge in [-0.1, -0.05) is 13.8 Å². The Kier molecular flexibility index (Phi) is 5.87. The average molecular weight is 266 g/mol. The highest BCUT2D eigenvalue weighted by atomic mass is 31.2. The van der Waals surface area contributed by atoms with Crippen LogP contribution in [0.1, 0.15) is 55.4 Å². The summed E-state index contributed by atoms with van der Waals surface area (Å²) in [6.07, 6.45) is 0. The molecule has 0 saturated heterocycles. The van der Waals surface area contributed by atoms with Crippen molar-refractivity contribution in [1.82, 2.24) is 0 Å². The van der Waals surface area contributed by atoms with Crippen LogP contribution in [0.2, 0.25) is 0 Å². The fraction of sp³-hybridized carbons (Fsp3) is 1.00. The summed E-state index contributed by atoms with van der Waals surface area (Å²) < 4.78 is 28.8. The minimum absolute atomic E-state index is 0.274. The predicted molar refractivity (Wildman–Crippen MR) is 70.1 cm³/mol. The molecule has 4 nitrogen and oxygen atoms in total. The lowest BCUT2D eigenvalue weighted by Crippen LogP contribution is -2.25. The topological polar surface area (TPSA) is 44.8 Å². The quantitative estimate of drug-likeness (QED) is 0.692. The fourth-order valence-corrected chi connectivity index (χ4v) is 2.95. The number of phosphoric acid groups is 1. The summed E-state index contributed by atoms with van der Waals surface area (Å²) in [6, 6.07) is 0. The Morgan fingerprint density at radius 2 is 1.29 bits per heavy atom. The summed E-state index contributed by atoms with van der Waals surface area (Å²) in [4.78, 5) is 0. The third-order valence-electron chi connectivity index (χ3n) is 1.34. The maximum absolute atomic E-state index is 12.5. The van der Waals surface area contributed by atoms with Gasteiger partial charge in [-0.2, -0.15) is 0 Å². The molecule has 0 aliphatic carbocycles. The van der Waals surface area contributed by atoms with Crippen LogP contribution in [0.25, 0.3) is 0 Å². The SMILES string of the molecule is CC(C)COP(=O)(OC(C)(C)C)OC(C)(C)C. The van der Waals surface area contributed by atoms with Crippen LogP contribution in [-0.2, 0) is 18.1 Å². The highest BCUT2D eigenvalue weighted by molar-refractivity contribution is 7.48. The monoisotopic (exact) mass is 266 g/mol. The first-order valence-electron chi connectivity index (χ1n) is 5.99. The molecule has 0 amide bonds. The number of rotatable bonds is 5. The summed E-state index contributed by atoms with van der Waals surface area (Å²) in [5.41, 5.74) is -1.14. The number of hydrogen-bond acceptors (Lipinski definition) is 4. The molecule has 0 unspecified atom stereocenters. The lowest BCUT2D eigenvalue weighted by atomic mass is 10.2. The van der Waals surface area contributed by atoms with Crippen molar-refractivity contribution in [2.24, 2.45) is 5.92 Å². The van der Waals surface area contributed by atoms with Gasteiger partial charge in [0, 0.05) is 0 Å². The molecule has 0 radical (unpaired) electrons. The summed E-state index contributed by atoms with van der Waals surface area (Å²) >= 11 is 0. The second kappa shape index (κ2) is 5.83. The Bertz CT molecular complexity index is 253. The minimum Gasteiger partial charge on any atom is -0.287 e. The molecule has 104 valence electrons. The molecular weight excluding hydrogens is 239 g/mol. The smallest absolute Gasteiger partial charge is 0.287 e. The molecule has 0 aromatic rings. The van der Waals surface area contributed by atoms with E-state index in [1.54, 1.807) is 0 Å². The molecule has 5 heteroatoms. The van der Waals surface area contributed by atoms with Crippen molar-refractivity contribution in [3.8, 4) is 0 Å². The van der Waals surface area contributed by atoms with Crippen LogP contribution in [0.5, 0.6) is 0 Å². The second-order valence-electron chi connectivity index (χ2n) is 6.54. The zero-order valence-corrected chi connectivity index (χ0v) is 13.3. The van der Waals surface area contributed by atoms with E-state index in [2.05, 4.69) is 0 Å². The lowest BCUT2D eigenvalue weighted by Gasteiger charge is -2.31. The summed E-state index contributed by atoms with van der Waals surface area (Å²) in [7, 11) is -3.52. The van der Waals surface area contributed by atoms with Gasteiger partial charge < -0.3 is 0 Å². The van der Waals surface area contributed by atoms with Gasteiger partial charge in [-0.15, -0.1) is 0 Å². The van der Waals surface area contributed by atoms with Gasteiger partial charge in [0.05, 0.1) is 17.8 Å². The standard InChI is InChI=1S/C12H27O4P/c1-10(2)9-14-17(13,15-11(3,4)5)16-12(6,7)8/h10H,9H2,1-8H3. The van der Waals surface area contributed by atoms with Crippen LogP contribution in [0, 0.1) is 5.92 Å². The maximum Gasteiger partial charge on any atom is 0.475 e. The van der Waals surface area contributed by atoms with E-state index in [4.69, 9.17) is 13.6 Å². The number of phosphoric ester groups is 1. The van der Waals surface area contributed by atoms with E-state index in [9.17, 15) is 4.57 Å². The van der Waals surface area contributed by atoms with Crippen LogP contribution in [-0.4, -0.2) is 17.8 Å². The average Bonchev–Trinajstić information content (AvgIpc) is 1.93. The second-order valence-corrected chi connectivity index (χ2v) is 8.06. The third kappa shape index (κ3) is 9.78. The largest absolute Gasteiger partial charge is 0.475 e. The molecule has 0 aromatic carbocycles. The summed E-state index contributed by atoms with van der Waals surface area (Å²) in [6.45, 7) is 15.3. The van der Waals surface area contributed by atoms with Crippen LogP contribution in [0.3, 0.4) is 0 Å². The van der Waals surface area contributed by atoms with Gasteiger partial charge in [-0.25, -0.2) is 4.57 Å². The van der Waals surface area contributed by atoms with Gasteiger partial charge in [0.1, 0.15) is 0 Å². The first-order valence-corrected chi connectivity index (χ1v) is 7.45. The highest BCUT2D eigenvalue weighted by Gasteiger charge is 2.37. The van der Waals surface area contributed by atoms with Crippen LogP contribution < -0.4 is 0 Å². The van der Waals surface area contributed by atoms with Gasteiger partial charge in [0.25, 0.3) is 0 Å². The third-order valence-corrected chi connectivity index (χ3v) is 3.35. The van der Waals surface area contributed by atoms with E-state index in [0.717, 1.165) is 0 Å². The zero-order chi connectivity index (χ0) is 13.9. The Morgan fingerprint density at radius 1 is 0.941 bits per heavy atom. The van der Waals surface area contributed by atoms with Gasteiger partial charge in [-0.05, 0) is 47.5 Å². The van der Waals surface area contributed by atoms with E-state index in [1.165, 1.54) is 0 Å². The van der Waals surface area contributed by atoms with Crippen molar-refractivity contribution in [2.75, 3.05) is 6.61 Å². The van der Waals surface area contributed by atoms with Gasteiger partial charge >= 0.3 is 7.82 Å². The van der Waals surface area contributed by atoms with Crippen LogP contribution >= 0.6 is 7.82 Å². The van der Waals surface area contributed by atoms with Crippen molar-refractivity contribution in [1.29, 1.82) is 0 Å². The molecular formula is C12H27O4P. The van der Waals surface area contributed by atoms with Crippen molar-refractivity contribution >= 4 is 7.82 Å². The summed E-state index contributed by atoms with van der Waals surface area (Å²) in [5.74, 6) is 0.274. The van der Waals surface area contributed by atoms with Crippen molar-refractivity contribution in [3.05, 3.63) is 0 Å². The molecule has 0 aromatic heterocycles. The van der Waals surface area contributed by atoms with Crippen molar-refractivity contribution in [2.45, 2.75) is 66.6 Å². The maximum atomic E-state index is 12.5. The van der Waals surface area contributed by atoms with E-state index in [0.29, 0.717) is 6.61 Å². The Labute approximate surface area is 106 Å². The van der Waals surface area contributed by atoms with Gasteiger partial charge in [-0.3, -0.25) is 13.6 Å².